The number of H-pyrrole nitrogens is 1. The number of fused-ring (bicyclic) bond motifs is 4. The number of anilines is 2. The number of benzene rings is 4. The summed E-state index contributed by atoms with van der Waals surface area (Å²) in [5.41, 5.74) is 5.32. The minimum absolute atomic E-state index is 0.00461. The van der Waals surface area contributed by atoms with Gasteiger partial charge in [0.25, 0.3) is 5.91 Å². The first kappa shape index (κ1) is 35.9. The number of aliphatic hydroxyl groups excluding tert-OH is 1. The number of nitrogens with zero attached hydrogens (tertiary/aromatic N) is 2. The molecule has 4 N–H and O–H groups in total. The van der Waals surface area contributed by atoms with Gasteiger partial charge in [0.1, 0.15) is 0 Å². The Kier molecular flexibility index (Phi) is 9.29. The van der Waals surface area contributed by atoms with E-state index in [1.54, 1.807) is 9.80 Å². The van der Waals surface area contributed by atoms with Crippen LogP contribution < -0.4 is 10.2 Å². The van der Waals surface area contributed by atoms with Crippen molar-refractivity contribution in [1.29, 1.82) is 0 Å². The molecule has 54 heavy (non-hydrogen) atoms. The minimum atomic E-state index is -3.00. The van der Waals surface area contributed by atoms with E-state index < -0.39 is 31.5 Å². The number of aromatic amines is 1. The summed E-state index contributed by atoms with van der Waals surface area (Å²) < 4.78 is 6.92. The Morgan fingerprint density at radius 2 is 1.67 bits per heavy atom. The number of aromatic nitrogens is 1. The molecule has 3 aliphatic heterocycles. The lowest BCUT2D eigenvalue weighted by Crippen LogP contribution is -2.48. The van der Waals surface area contributed by atoms with Gasteiger partial charge >= 0.3 is 0 Å². The number of ether oxygens (including phenoxy) is 1. The van der Waals surface area contributed by atoms with E-state index in [2.05, 4.69) is 10.3 Å². The zero-order valence-electron chi connectivity index (χ0n) is 30.8. The summed E-state index contributed by atoms with van der Waals surface area (Å²) in [6.07, 6.45) is 1.97. The fourth-order valence-electron chi connectivity index (χ4n) is 9.25. The lowest BCUT2D eigenvalue weighted by Gasteiger charge is -2.37. The second kappa shape index (κ2) is 14.0. The van der Waals surface area contributed by atoms with E-state index in [9.17, 15) is 24.3 Å². The van der Waals surface area contributed by atoms with Gasteiger partial charge < -0.3 is 34.7 Å². The highest BCUT2D eigenvalue weighted by Crippen LogP contribution is 2.59. The van der Waals surface area contributed by atoms with Crippen molar-refractivity contribution in [1.82, 2.24) is 9.88 Å². The molecule has 1 aromatic heterocycles. The molecule has 3 amide bonds. The largest absolute Gasteiger partial charge is 0.432 e. The monoisotopic (exact) mass is 742 g/mol. The maximum Gasteiger partial charge on any atom is 0.264 e. The highest BCUT2D eigenvalue weighted by Gasteiger charge is 2.66. The number of amides is 3. The van der Waals surface area contributed by atoms with Gasteiger partial charge in [-0.25, -0.2) is 0 Å². The molecule has 10 nitrogen and oxygen atoms in total. The molecule has 1 fully saturated rings. The van der Waals surface area contributed by atoms with E-state index in [1.165, 1.54) is 0 Å². The molecule has 1 saturated heterocycles. The van der Waals surface area contributed by atoms with Gasteiger partial charge in [-0.15, -0.1) is 0 Å². The smallest absolute Gasteiger partial charge is 0.264 e. The molecule has 0 bridgehead atoms. The summed E-state index contributed by atoms with van der Waals surface area (Å²) in [6, 6.07) is 30.6. The third-order valence-corrected chi connectivity index (χ3v) is 14.3. The van der Waals surface area contributed by atoms with Crippen molar-refractivity contribution in [2.24, 2.45) is 5.92 Å². The van der Waals surface area contributed by atoms with Gasteiger partial charge in [0, 0.05) is 46.4 Å². The second-order valence-corrected chi connectivity index (χ2v) is 19.6. The van der Waals surface area contributed by atoms with Crippen LogP contribution >= 0.6 is 0 Å². The fraction of sp³-hybridized carbons (Fsp3) is 0.326. The molecule has 0 saturated carbocycles. The number of hydrogen-bond donors (Lipinski definition) is 4. The number of para-hydroxylation sites is 2. The van der Waals surface area contributed by atoms with Crippen LogP contribution in [0.1, 0.15) is 41.2 Å². The topological polar surface area (TPSA) is 135 Å². The first-order chi connectivity index (χ1) is 26.0. The molecule has 3 aliphatic rings. The SMILES string of the molecule is C[C@@H]1[C@@H]([Si](C)(C)O)[C@H](CC(=O)N2Cc3ccccc3C[C@H]2CO)O[C@@]12C(=O)N(Cc1ccc(NC(=O)Cc3c[nH]c4ccccc34)cc1)c1ccccc12. The lowest BCUT2D eigenvalue weighted by atomic mass is 9.82. The number of hydrogen-bond acceptors (Lipinski definition) is 6. The predicted molar refractivity (Wildman–Crippen MR) is 210 cm³/mol. The van der Waals surface area contributed by atoms with E-state index in [0.29, 0.717) is 18.7 Å². The summed E-state index contributed by atoms with van der Waals surface area (Å²) in [7, 11) is -3.00. The van der Waals surface area contributed by atoms with Crippen LogP contribution in [0.3, 0.4) is 0 Å². The van der Waals surface area contributed by atoms with Gasteiger partial charge in [-0.2, -0.15) is 0 Å². The second-order valence-electron chi connectivity index (χ2n) is 15.6. The predicted octanol–water partition coefficient (Wildman–Crippen LogP) is 6.03. The average molecular weight is 743 g/mol. The van der Waals surface area contributed by atoms with Gasteiger partial charge in [0.05, 0.1) is 43.8 Å². The maximum atomic E-state index is 14.8. The maximum absolute atomic E-state index is 14.8. The van der Waals surface area contributed by atoms with Crippen LogP contribution in [0, 0.1) is 5.92 Å². The van der Waals surface area contributed by atoms with E-state index in [1.807, 2.05) is 123 Å². The summed E-state index contributed by atoms with van der Waals surface area (Å²) in [4.78, 5) is 60.3. The summed E-state index contributed by atoms with van der Waals surface area (Å²) >= 11 is 0. The third-order valence-electron chi connectivity index (χ3n) is 11.8. The Labute approximate surface area is 315 Å². The van der Waals surface area contributed by atoms with Crippen molar-refractivity contribution in [3.8, 4) is 0 Å². The fourth-order valence-corrected chi connectivity index (χ4v) is 11.8. The zero-order chi connectivity index (χ0) is 37.8. The Morgan fingerprint density at radius 1 is 0.963 bits per heavy atom. The molecule has 0 unspecified atom stereocenters. The average Bonchev–Trinajstić information content (AvgIpc) is 3.78. The normalized spacial score (nSPS) is 23.5. The Bertz CT molecular complexity index is 2230. The minimum Gasteiger partial charge on any atom is -0.432 e. The van der Waals surface area contributed by atoms with Crippen LogP contribution in [0.5, 0.6) is 0 Å². The molecule has 0 aliphatic carbocycles. The van der Waals surface area contributed by atoms with Gasteiger partial charge in [-0.05, 0) is 66.0 Å². The van der Waals surface area contributed by atoms with Gasteiger partial charge in [0.15, 0.2) is 13.9 Å². The van der Waals surface area contributed by atoms with Crippen LogP contribution in [-0.2, 0) is 50.7 Å². The molecule has 5 aromatic rings. The molecule has 0 radical (unpaired) electrons. The van der Waals surface area contributed by atoms with Crippen LogP contribution in [0.25, 0.3) is 10.9 Å². The Balaban J connectivity index is 1.01. The molecule has 4 heterocycles. The van der Waals surface area contributed by atoms with Gasteiger partial charge in [0.2, 0.25) is 11.8 Å². The van der Waals surface area contributed by atoms with Crippen molar-refractivity contribution >= 4 is 48.3 Å². The quantitative estimate of drug-likeness (QED) is 0.136. The van der Waals surface area contributed by atoms with Crippen LogP contribution in [0.15, 0.2) is 103 Å². The molecular formula is C43H46N4O6Si. The van der Waals surface area contributed by atoms with Gasteiger partial charge in [-0.1, -0.05) is 79.7 Å². The van der Waals surface area contributed by atoms with Crippen molar-refractivity contribution in [2.45, 2.75) is 75.7 Å². The van der Waals surface area contributed by atoms with Crippen molar-refractivity contribution < 1.29 is 29.0 Å². The van der Waals surface area contributed by atoms with Crippen molar-refractivity contribution in [2.75, 3.05) is 16.8 Å². The van der Waals surface area contributed by atoms with E-state index in [-0.39, 0.29) is 49.8 Å². The molecule has 1 spiro atoms. The number of carbonyl (C=O) groups is 3. The summed E-state index contributed by atoms with van der Waals surface area (Å²) in [5.74, 6) is -0.914. The summed E-state index contributed by atoms with van der Waals surface area (Å²) in [6.45, 7) is 6.18. The molecular weight excluding hydrogens is 697 g/mol. The van der Waals surface area contributed by atoms with Crippen LogP contribution in [-0.4, -0.2) is 64.6 Å². The molecule has 278 valence electrons. The third kappa shape index (κ3) is 6.24. The van der Waals surface area contributed by atoms with Crippen molar-refractivity contribution in [3.63, 3.8) is 0 Å². The van der Waals surface area contributed by atoms with E-state index >= 15 is 0 Å². The highest BCUT2D eigenvalue weighted by molar-refractivity contribution is 6.71. The van der Waals surface area contributed by atoms with Crippen molar-refractivity contribution in [3.05, 3.63) is 131 Å². The lowest BCUT2D eigenvalue weighted by molar-refractivity contribution is -0.151. The Hall–Kier alpha value is -5.07. The van der Waals surface area contributed by atoms with E-state index in [0.717, 1.165) is 44.4 Å². The zero-order valence-corrected chi connectivity index (χ0v) is 31.8. The highest BCUT2D eigenvalue weighted by atomic mass is 28.4. The van der Waals surface area contributed by atoms with E-state index in [4.69, 9.17) is 4.74 Å². The first-order valence-electron chi connectivity index (χ1n) is 18.7. The summed E-state index contributed by atoms with van der Waals surface area (Å²) in [5, 5.41) is 14.3. The molecule has 8 rings (SSSR count). The number of carbonyl (C=O) groups excluding carboxylic acids is 3. The number of nitrogens with one attached hydrogen (secondary N) is 2. The van der Waals surface area contributed by atoms with Gasteiger partial charge in [-0.3, -0.25) is 14.4 Å². The molecule has 5 atom stereocenters. The standard InChI is InChI=1S/C43H46N4O6Si/c1-27-41(54(2,3)52)38(22-40(50)46-25-30-11-5-4-10-29(30)20-33(46)26-48)53-43(27)35-13-7-9-15-37(35)47(42(43)51)24-28-16-18-32(19-17-28)45-39(49)21-31-23-44-36-14-8-6-12-34(31)36/h4-19,23,27,33,38,41,44,48,52H,20-22,24-26H2,1-3H3,(H,45,49)/t27-,33+,38+,41-,43+/m1/s1. The molecule has 4 aromatic carbocycles. The number of rotatable bonds is 9. The first-order valence-corrected chi connectivity index (χ1v) is 21.7. The number of aliphatic hydroxyl groups is 1. The van der Waals surface area contributed by atoms with Crippen LogP contribution in [0.2, 0.25) is 18.6 Å². The molecule has 11 heteroatoms. The van der Waals surface area contributed by atoms with Crippen LogP contribution in [0.4, 0.5) is 11.4 Å². The Morgan fingerprint density at radius 3 is 2.43 bits per heavy atom.